The van der Waals surface area contributed by atoms with Crippen molar-refractivity contribution < 1.29 is 14.6 Å². The summed E-state index contributed by atoms with van der Waals surface area (Å²) < 4.78 is 4.83. The van der Waals surface area contributed by atoms with Crippen LogP contribution in [0.1, 0.15) is 0 Å². The number of piperazine rings is 1. The molecule has 6 heteroatoms. The van der Waals surface area contributed by atoms with Gasteiger partial charge in [0.15, 0.2) is 0 Å². The van der Waals surface area contributed by atoms with E-state index in [1.807, 2.05) is 0 Å². The highest BCUT2D eigenvalue weighted by molar-refractivity contribution is 5.78. The molecule has 1 atom stereocenters. The zero-order valence-corrected chi connectivity index (χ0v) is 10.7. The third-order valence-electron chi connectivity index (χ3n) is 2.84. The second kappa shape index (κ2) is 7.60. The van der Waals surface area contributed by atoms with Crippen molar-refractivity contribution in [3.8, 4) is 0 Å². The van der Waals surface area contributed by atoms with Crippen LogP contribution in [0.4, 0.5) is 0 Å². The van der Waals surface area contributed by atoms with Gasteiger partial charge in [-0.2, -0.15) is 0 Å². The molecule has 0 aromatic heterocycles. The molecule has 1 aliphatic heterocycles. The quantitative estimate of drug-likeness (QED) is 0.587. The van der Waals surface area contributed by atoms with Crippen LogP contribution >= 0.6 is 0 Å². The molecule has 17 heavy (non-hydrogen) atoms. The van der Waals surface area contributed by atoms with E-state index in [4.69, 9.17) is 4.74 Å². The first-order valence-corrected chi connectivity index (χ1v) is 5.97. The van der Waals surface area contributed by atoms with E-state index in [9.17, 15) is 9.90 Å². The van der Waals surface area contributed by atoms with Crippen molar-refractivity contribution in [2.45, 2.75) is 6.10 Å². The van der Waals surface area contributed by atoms with Crippen LogP contribution in [0.2, 0.25) is 0 Å². The summed E-state index contributed by atoms with van der Waals surface area (Å²) in [5.41, 5.74) is 0. The molecule has 0 aromatic rings. The zero-order valence-electron chi connectivity index (χ0n) is 10.7. The van der Waals surface area contributed by atoms with Crippen molar-refractivity contribution in [3.05, 3.63) is 0 Å². The maximum absolute atomic E-state index is 11.9. The van der Waals surface area contributed by atoms with Gasteiger partial charge in [0.1, 0.15) is 0 Å². The Morgan fingerprint density at radius 3 is 2.76 bits per heavy atom. The Morgan fingerprint density at radius 1 is 1.53 bits per heavy atom. The van der Waals surface area contributed by atoms with Gasteiger partial charge in [0.25, 0.3) is 0 Å². The molecule has 1 heterocycles. The minimum atomic E-state index is -0.614. The molecule has 1 fully saturated rings. The van der Waals surface area contributed by atoms with Gasteiger partial charge < -0.3 is 20.1 Å². The molecule has 1 unspecified atom stereocenters. The minimum absolute atomic E-state index is 0.0436. The molecule has 0 aliphatic carbocycles. The molecule has 0 aromatic carbocycles. The predicted octanol–water partition coefficient (Wildman–Crippen LogP) is -1.64. The van der Waals surface area contributed by atoms with Crippen molar-refractivity contribution >= 4 is 5.91 Å². The number of nitrogens with zero attached hydrogens (tertiary/aromatic N) is 2. The monoisotopic (exact) mass is 245 g/mol. The lowest BCUT2D eigenvalue weighted by molar-refractivity contribution is -0.132. The number of hydrogen-bond acceptors (Lipinski definition) is 5. The van der Waals surface area contributed by atoms with E-state index in [1.54, 1.807) is 11.9 Å². The zero-order chi connectivity index (χ0) is 12.7. The van der Waals surface area contributed by atoms with E-state index >= 15 is 0 Å². The lowest BCUT2D eigenvalue weighted by Gasteiger charge is -2.29. The highest BCUT2D eigenvalue weighted by Gasteiger charge is 2.18. The van der Waals surface area contributed by atoms with Gasteiger partial charge >= 0.3 is 0 Å². The summed E-state index contributed by atoms with van der Waals surface area (Å²) in [7, 11) is 3.25. The smallest absolute Gasteiger partial charge is 0.236 e. The first-order valence-electron chi connectivity index (χ1n) is 5.97. The molecular weight excluding hydrogens is 222 g/mol. The lowest BCUT2D eigenvalue weighted by Crippen LogP contribution is -2.48. The fraction of sp³-hybridized carbons (Fsp3) is 0.909. The highest BCUT2D eigenvalue weighted by Crippen LogP contribution is 1.96. The van der Waals surface area contributed by atoms with Crippen molar-refractivity contribution in [1.29, 1.82) is 0 Å². The summed E-state index contributed by atoms with van der Waals surface area (Å²) in [5.74, 6) is 0.0436. The van der Waals surface area contributed by atoms with E-state index in [-0.39, 0.29) is 12.5 Å². The van der Waals surface area contributed by atoms with Crippen LogP contribution in [0, 0.1) is 0 Å². The third-order valence-corrected chi connectivity index (χ3v) is 2.84. The largest absolute Gasteiger partial charge is 0.389 e. The normalized spacial score (nSPS) is 19.0. The molecular formula is C11H23N3O3. The van der Waals surface area contributed by atoms with Crippen molar-refractivity contribution in [3.63, 3.8) is 0 Å². The fourth-order valence-corrected chi connectivity index (χ4v) is 1.84. The number of ether oxygens (including phenoxy) is 1. The maximum atomic E-state index is 11.9. The molecule has 0 radical (unpaired) electrons. The predicted molar refractivity (Wildman–Crippen MR) is 64.8 cm³/mol. The van der Waals surface area contributed by atoms with Crippen molar-refractivity contribution in [2.24, 2.45) is 0 Å². The third kappa shape index (κ3) is 5.45. The van der Waals surface area contributed by atoms with Crippen LogP contribution in [0.25, 0.3) is 0 Å². The van der Waals surface area contributed by atoms with Crippen molar-refractivity contribution in [2.75, 3.05) is 60.0 Å². The number of aliphatic hydroxyl groups excluding tert-OH is 1. The van der Waals surface area contributed by atoms with Crippen LogP contribution < -0.4 is 5.32 Å². The number of hydrogen-bond donors (Lipinski definition) is 2. The number of carbonyl (C=O) groups excluding carboxylic acids is 1. The lowest BCUT2D eigenvalue weighted by atomic mass is 10.3. The second-order valence-electron chi connectivity index (χ2n) is 4.41. The maximum Gasteiger partial charge on any atom is 0.236 e. The van der Waals surface area contributed by atoms with Gasteiger partial charge in [0.05, 0.1) is 19.3 Å². The summed E-state index contributed by atoms with van der Waals surface area (Å²) >= 11 is 0. The van der Waals surface area contributed by atoms with Gasteiger partial charge in [0.2, 0.25) is 5.91 Å². The minimum Gasteiger partial charge on any atom is -0.389 e. The summed E-state index contributed by atoms with van der Waals surface area (Å²) in [5, 5.41) is 12.8. The summed E-state index contributed by atoms with van der Waals surface area (Å²) in [6.45, 7) is 4.68. The van der Waals surface area contributed by atoms with Gasteiger partial charge in [-0.05, 0) is 0 Å². The molecule has 100 valence electrons. The molecule has 1 aliphatic rings. The van der Waals surface area contributed by atoms with Crippen LogP contribution in [0.3, 0.4) is 0 Å². The highest BCUT2D eigenvalue weighted by atomic mass is 16.5. The Morgan fingerprint density at radius 2 is 2.18 bits per heavy atom. The summed E-state index contributed by atoms with van der Waals surface area (Å²) in [6.07, 6.45) is -0.614. The topological polar surface area (TPSA) is 65.0 Å². The first kappa shape index (κ1) is 14.4. The van der Waals surface area contributed by atoms with Gasteiger partial charge in [-0.15, -0.1) is 0 Å². The molecule has 1 amide bonds. The number of carbonyl (C=O) groups is 1. The van der Waals surface area contributed by atoms with E-state index in [0.29, 0.717) is 13.1 Å². The number of methoxy groups -OCH3 is 1. The van der Waals surface area contributed by atoms with Gasteiger partial charge in [-0.25, -0.2) is 0 Å². The Hall–Kier alpha value is -0.690. The molecule has 0 bridgehead atoms. The Labute approximate surface area is 103 Å². The number of rotatable bonds is 6. The SMILES string of the molecule is COCC(O)CN(C)C(=O)CN1CCNCC1. The van der Waals surface area contributed by atoms with E-state index in [0.717, 1.165) is 26.2 Å². The average Bonchev–Trinajstić information content (AvgIpc) is 2.30. The van der Waals surface area contributed by atoms with Gasteiger partial charge in [0, 0.05) is 46.9 Å². The van der Waals surface area contributed by atoms with Crippen LogP contribution in [-0.2, 0) is 9.53 Å². The molecule has 0 saturated carbocycles. The fourth-order valence-electron chi connectivity index (χ4n) is 1.84. The van der Waals surface area contributed by atoms with Crippen LogP contribution in [0.5, 0.6) is 0 Å². The number of nitrogens with one attached hydrogen (secondary N) is 1. The molecule has 1 rings (SSSR count). The van der Waals surface area contributed by atoms with Gasteiger partial charge in [-0.3, -0.25) is 9.69 Å². The Kier molecular flexibility index (Phi) is 6.43. The van der Waals surface area contributed by atoms with Gasteiger partial charge in [-0.1, -0.05) is 0 Å². The van der Waals surface area contributed by atoms with E-state index in [1.165, 1.54) is 7.11 Å². The molecule has 6 nitrogen and oxygen atoms in total. The summed E-state index contributed by atoms with van der Waals surface area (Å²) in [6, 6.07) is 0. The number of likely N-dealkylation sites (N-methyl/N-ethyl adjacent to an activating group) is 1. The van der Waals surface area contributed by atoms with E-state index in [2.05, 4.69) is 10.2 Å². The average molecular weight is 245 g/mol. The molecule has 2 N–H and O–H groups in total. The molecule has 0 spiro atoms. The first-order chi connectivity index (χ1) is 8.13. The Balaban J connectivity index is 2.25. The number of amides is 1. The second-order valence-corrected chi connectivity index (χ2v) is 4.41. The van der Waals surface area contributed by atoms with E-state index < -0.39 is 6.10 Å². The Bertz CT molecular complexity index is 232. The van der Waals surface area contributed by atoms with Crippen molar-refractivity contribution in [1.82, 2.24) is 15.1 Å². The van der Waals surface area contributed by atoms with Crippen LogP contribution in [0.15, 0.2) is 0 Å². The number of aliphatic hydroxyl groups is 1. The standard InChI is InChI=1S/C11H23N3O3/c1-13(7-10(15)9-17-2)11(16)8-14-5-3-12-4-6-14/h10,12,15H,3-9H2,1-2H3. The summed E-state index contributed by atoms with van der Waals surface area (Å²) in [4.78, 5) is 15.5. The molecule has 1 saturated heterocycles. The van der Waals surface area contributed by atoms with Crippen LogP contribution in [-0.4, -0.2) is 87.0 Å².